The van der Waals surface area contributed by atoms with Crippen LogP contribution in [-0.2, 0) is 23.6 Å². The SMILES string of the molecule is Cc1ccc(CNC(=O)c2cc(S(=O)(=O)N(C)C)ccc2Cl)n1C. The van der Waals surface area contributed by atoms with E-state index >= 15 is 0 Å². The van der Waals surface area contributed by atoms with Crippen LogP contribution < -0.4 is 5.32 Å². The van der Waals surface area contributed by atoms with Crippen molar-refractivity contribution in [2.24, 2.45) is 7.05 Å². The van der Waals surface area contributed by atoms with Gasteiger partial charge >= 0.3 is 0 Å². The van der Waals surface area contributed by atoms with Crippen LogP contribution in [0, 0.1) is 6.92 Å². The van der Waals surface area contributed by atoms with E-state index in [1.807, 2.05) is 30.7 Å². The summed E-state index contributed by atoms with van der Waals surface area (Å²) < 4.78 is 27.4. The van der Waals surface area contributed by atoms with Gasteiger partial charge in [0.15, 0.2) is 0 Å². The Kier molecular flexibility index (Phi) is 5.37. The lowest BCUT2D eigenvalue weighted by atomic mass is 10.2. The van der Waals surface area contributed by atoms with Crippen LogP contribution in [0.15, 0.2) is 35.2 Å². The molecule has 0 saturated heterocycles. The maximum absolute atomic E-state index is 12.4. The van der Waals surface area contributed by atoms with Crippen LogP contribution in [0.1, 0.15) is 21.7 Å². The number of halogens is 1. The van der Waals surface area contributed by atoms with E-state index in [0.29, 0.717) is 6.54 Å². The number of nitrogens with one attached hydrogen (secondary N) is 1. The molecule has 0 fully saturated rings. The molecule has 0 spiro atoms. The lowest BCUT2D eigenvalue weighted by molar-refractivity contribution is 0.0950. The second-order valence-corrected chi connectivity index (χ2v) is 8.20. The zero-order valence-electron chi connectivity index (χ0n) is 14.0. The molecule has 0 aliphatic carbocycles. The topological polar surface area (TPSA) is 71.4 Å². The number of sulfonamides is 1. The van der Waals surface area contributed by atoms with E-state index in [1.165, 1.54) is 32.3 Å². The molecule has 0 bridgehead atoms. The van der Waals surface area contributed by atoms with Gasteiger partial charge in [-0.25, -0.2) is 12.7 Å². The van der Waals surface area contributed by atoms with E-state index in [1.54, 1.807) is 0 Å². The van der Waals surface area contributed by atoms with Gasteiger partial charge in [-0.1, -0.05) is 11.6 Å². The number of aromatic nitrogens is 1. The average Bonchev–Trinajstić information content (AvgIpc) is 2.84. The summed E-state index contributed by atoms with van der Waals surface area (Å²) in [6.07, 6.45) is 0. The third-order valence-electron chi connectivity index (χ3n) is 3.87. The number of benzene rings is 1. The summed E-state index contributed by atoms with van der Waals surface area (Å²) in [5, 5.41) is 2.97. The van der Waals surface area contributed by atoms with Crippen molar-refractivity contribution < 1.29 is 13.2 Å². The van der Waals surface area contributed by atoms with Gasteiger partial charge < -0.3 is 9.88 Å². The van der Waals surface area contributed by atoms with Gasteiger partial charge in [0.05, 0.1) is 22.0 Å². The molecule has 8 heteroatoms. The Balaban J connectivity index is 2.25. The summed E-state index contributed by atoms with van der Waals surface area (Å²) in [5.41, 5.74) is 2.15. The summed E-state index contributed by atoms with van der Waals surface area (Å²) in [4.78, 5) is 12.4. The first kappa shape index (κ1) is 18.5. The third kappa shape index (κ3) is 3.63. The molecule has 0 saturated carbocycles. The van der Waals surface area contributed by atoms with Gasteiger partial charge in [-0.05, 0) is 37.3 Å². The maximum atomic E-state index is 12.4. The van der Waals surface area contributed by atoms with Gasteiger partial charge in [-0.2, -0.15) is 0 Å². The zero-order chi connectivity index (χ0) is 18.1. The summed E-state index contributed by atoms with van der Waals surface area (Å²) in [6, 6.07) is 7.97. The van der Waals surface area contributed by atoms with Crippen LogP contribution >= 0.6 is 11.6 Å². The van der Waals surface area contributed by atoms with E-state index in [0.717, 1.165) is 15.7 Å². The van der Waals surface area contributed by atoms with Crippen LogP contribution in [0.2, 0.25) is 5.02 Å². The Morgan fingerprint density at radius 3 is 2.46 bits per heavy atom. The second-order valence-electron chi connectivity index (χ2n) is 5.64. The Morgan fingerprint density at radius 2 is 1.92 bits per heavy atom. The average molecular weight is 370 g/mol. The van der Waals surface area contributed by atoms with E-state index in [2.05, 4.69) is 5.32 Å². The van der Waals surface area contributed by atoms with Gasteiger partial charge in [0.1, 0.15) is 0 Å². The molecule has 2 aromatic rings. The number of hydrogen-bond donors (Lipinski definition) is 1. The zero-order valence-corrected chi connectivity index (χ0v) is 15.6. The fraction of sp³-hybridized carbons (Fsp3) is 0.312. The van der Waals surface area contributed by atoms with Crippen molar-refractivity contribution in [2.75, 3.05) is 14.1 Å². The van der Waals surface area contributed by atoms with Crippen molar-refractivity contribution in [1.29, 1.82) is 0 Å². The van der Waals surface area contributed by atoms with E-state index in [4.69, 9.17) is 11.6 Å². The number of hydrogen-bond acceptors (Lipinski definition) is 3. The number of carbonyl (C=O) groups excluding carboxylic acids is 1. The Morgan fingerprint density at radius 1 is 1.25 bits per heavy atom. The van der Waals surface area contributed by atoms with Gasteiger partial charge in [-0.15, -0.1) is 0 Å². The normalized spacial score (nSPS) is 11.8. The van der Waals surface area contributed by atoms with Gasteiger partial charge in [0.25, 0.3) is 5.91 Å². The van der Waals surface area contributed by atoms with Crippen molar-refractivity contribution in [3.63, 3.8) is 0 Å². The molecule has 2 rings (SSSR count). The molecule has 0 aliphatic rings. The molecule has 0 atom stereocenters. The van der Waals surface area contributed by atoms with Crippen molar-refractivity contribution in [3.05, 3.63) is 52.3 Å². The molecule has 0 aliphatic heterocycles. The molecule has 0 radical (unpaired) electrons. The molecule has 1 aromatic heterocycles. The molecule has 1 N–H and O–H groups in total. The lowest BCUT2D eigenvalue weighted by Gasteiger charge is -2.13. The number of nitrogens with zero attached hydrogens (tertiary/aromatic N) is 2. The minimum atomic E-state index is -3.63. The highest BCUT2D eigenvalue weighted by Gasteiger charge is 2.20. The highest BCUT2D eigenvalue weighted by molar-refractivity contribution is 7.89. The molecule has 1 aromatic carbocycles. The fourth-order valence-electron chi connectivity index (χ4n) is 2.16. The summed E-state index contributed by atoms with van der Waals surface area (Å²) in [5.74, 6) is -0.422. The van der Waals surface area contributed by atoms with Crippen LogP contribution in [0.25, 0.3) is 0 Å². The monoisotopic (exact) mass is 369 g/mol. The number of carbonyl (C=O) groups is 1. The summed E-state index contributed by atoms with van der Waals surface area (Å²) >= 11 is 6.06. The van der Waals surface area contributed by atoms with E-state index < -0.39 is 15.9 Å². The third-order valence-corrected chi connectivity index (χ3v) is 6.01. The van der Waals surface area contributed by atoms with Crippen molar-refractivity contribution in [3.8, 4) is 0 Å². The standard InChI is InChI=1S/C16H20ClN3O3S/c1-11-5-6-12(20(11)4)10-18-16(21)14-9-13(7-8-15(14)17)24(22,23)19(2)3/h5-9H,10H2,1-4H3,(H,18,21). The van der Waals surface area contributed by atoms with Gasteiger partial charge in [0.2, 0.25) is 10.0 Å². The molecule has 130 valence electrons. The predicted octanol–water partition coefficient (Wildman–Crippen LogP) is 2.17. The second kappa shape index (κ2) is 6.96. The Bertz CT molecular complexity index is 873. The molecular weight excluding hydrogens is 350 g/mol. The molecular formula is C16H20ClN3O3S. The predicted molar refractivity (Wildman–Crippen MR) is 93.6 cm³/mol. The first-order chi connectivity index (χ1) is 11.1. The highest BCUT2D eigenvalue weighted by atomic mass is 35.5. The van der Waals surface area contributed by atoms with Gasteiger partial charge in [-0.3, -0.25) is 4.79 Å². The lowest BCUT2D eigenvalue weighted by Crippen LogP contribution is -2.26. The van der Waals surface area contributed by atoms with Crippen molar-refractivity contribution in [2.45, 2.75) is 18.4 Å². The molecule has 1 amide bonds. The van der Waals surface area contributed by atoms with Crippen LogP contribution in [-0.4, -0.2) is 37.3 Å². The Hall–Kier alpha value is -1.83. The summed E-state index contributed by atoms with van der Waals surface area (Å²) in [7, 11) is 1.15. The molecule has 6 nitrogen and oxygen atoms in total. The van der Waals surface area contributed by atoms with Crippen LogP contribution in [0.5, 0.6) is 0 Å². The minimum Gasteiger partial charge on any atom is -0.350 e. The van der Waals surface area contributed by atoms with Crippen molar-refractivity contribution >= 4 is 27.5 Å². The fourth-order valence-corrected chi connectivity index (χ4v) is 3.29. The highest BCUT2D eigenvalue weighted by Crippen LogP contribution is 2.22. The van der Waals surface area contributed by atoms with Crippen molar-refractivity contribution in [1.82, 2.24) is 14.2 Å². The van der Waals surface area contributed by atoms with Crippen LogP contribution in [0.3, 0.4) is 0 Å². The van der Waals surface area contributed by atoms with Crippen LogP contribution in [0.4, 0.5) is 0 Å². The smallest absolute Gasteiger partial charge is 0.253 e. The number of aryl methyl sites for hydroxylation is 1. The Labute approximate surface area is 147 Å². The maximum Gasteiger partial charge on any atom is 0.253 e. The first-order valence-corrected chi connectivity index (χ1v) is 9.08. The van der Waals surface area contributed by atoms with E-state index in [-0.39, 0.29) is 15.5 Å². The number of rotatable bonds is 5. The quantitative estimate of drug-likeness (QED) is 0.877. The minimum absolute atomic E-state index is 0.0248. The summed E-state index contributed by atoms with van der Waals surface area (Å²) in [6.45, 7) is 2.29. The first-order valence-electron chi connectivity index (χ1n) is 7.26. The largest absolute Gasteiger partial charge is 0.350 e. The van der Waals surface area contributed by atoms with Gasteiger partial charge in [0, 0.05) is 32.5 Å². The molecule has 1 heterocycles. The molecule has 0 unspecified atom stereocenters. The van der Waals surface area contributed by atoms with E-state index in [9.17, 15) is 13.2 Å². The molecule has 24 heavy (non-hydrogen) atoms. The number of amides is 1.